The number of aryl methyl sites for hydroxylation is 1. The molecule has 2 aliphatic rings. The molecule has 3 aromatic rings. The van der Waals surface area contributed by atoms with Crippen molar-refractivity contribution in [3.63, 3.8) is 0 Å². The summed E-state index contributed by atoms with van der Waals surface area (Å²) in [5, 5.41) is 4.43. The van der Waals surface area contributed by atoms with Gasteiger partial charge in [0.15, 0.2) is 0 Å². The molecule has 1 saturated heterocycles. The first-order chi connectivity index (χ1) is 18.4. The van der Waals surface area contributed by atoms with E-state index >= 15 is 0 Å². The number of nitrogens with zero attached hydrogens (tertiary/aromatic N) is 1. The van der Waals surface area contributed by atoms with Crippen LogP contribution in [-0.2, 0) is 26.9 Å². The Morgan fingerprint density at radius 2 is 1.92 bits per heavy atom. The Morgan fingerprint density at radius 1 is 1.21 bits per heavy atom. The first-order valence-electron chi connectivity index (χ1n) is 13.0. The number of carbonyl (C=O) groups is 2. The van der Waals surface area contributed by atoms with Gasteiger partial charge in [0.25, 0.3) is 5.91 Å². The van der Waals surface area contributed by atoms with E-state index in [0.717, 1.165) is 47.7 Å². The number of fused-ring (bicyclic) bond motifs is 1. The summed E-state index contributed by atoms with van der Waals surface area (Å²) in [6.07, 6.45) is 5.89. The molecule has 2 aromatic carbocycles. The Labute approximate surface area is 227 Å². The molecule has 2 fully saturated rings. The summed E-state index contributed by atoms with van der Waals surface area (Å²) < 4.78 is 18.2. The van der Waals surface area contributed by atoms with Crippen molar-refractivity contribution < 1.29 is 23.8 Å². The average molecular weight is 537 g/mol. The van der Waals surface area contributed by atoms with Gasteiger partial charge in [-0.2, -0.15) is 0 Å². The van der Waals surface area contributed by atoms with Gasteiger partial charge < -0.3 is 24.1 Å². The van der Waals surface area contributed by atoms with E-state index in [1.807, 2.05) is 41.9 Å². The van der Waals surface area contributed by atoms with E-state index in [-0.39, 0.29) is 30.3 Å². The van der Waals surface area contributed by atoms with E-state index in [9.17, 15) is 9.59 Å². The molecule has 1 N–H and O–H groups in total. The van der Waals surface area contributed by atoms with Gasteiger partial charge in [0.2, 0.25) is 0 Å². The first kappa shape index (κ1) is 26.3. The second-order valence-electron chi connectivity index (χ2n) is 10.2. The van der Waals surface area contributed by atoms with Crippen LogP contribution < -0.4 is 10.1 Å². The maximum Gasteiger partial charge on any atom is 0.314 e. The molecule has 1 aliphatic carbocycles. The SMILES string of the molecule is C=CCOC(=O)C(c1ccc(C2(NC(=O)c3cc4c(Cl)c(OC)ccc4n3C)COC2)cc1)C1CCCC1. The molecule has 0 spiro atoms. The topological polar surface area (TPSA) is 78.8 Å². The van der Waals surface area contributed by atoms with Gasteiger partial charge in [-0.15, -0.1) is 0 Å². The van der Waals surface area contributed by atoms with Gasteiger partial charge in [0.05, 0.1) is 36.8 Å². The smallest absolute Gasteiger partial charge is 0.314 e. The van der Waals surface area contributed by atoms with Crippen molar-refractivity contribution in [2.75, 3.05) is 26.9 Å². The van der Waals surface area contributed by atoms with Crippen LogP contribution in [0.5, 0.6) is 5.75 Å². The lowest BCUT2D eigenvalue weighted by atomic mass is 9.82. The van der Waals surface area contributed by atoms with Crippen LogP contribution in [0.1, 0.15) is 53.2 Å². The quantitative estimate of drug-likeness (QED) is 0.288. The fourth-order valence-electron chi connectivity index (χ4n) is 5.76. The van der Waals surface area contributed by atoms with Crippen LogP contribution >= 0.6 is 11.6 Å². The number of nitrogens with one attached hydrogen (secondary N) is 1. The summed E-state index contributed by atoms with van der Waals surface area (Å²) in [6, 6.07) is 13.4. The van der Waals surface area contributed by atoms with E-state index in [0.29, 0.717) is 29.7 Å². The van der Waals surface area contributed by atoms with E-state index in [1.54, 1.807) is 25.3 Å². The van der Waals surface area contributed by atoms with Crippen molar-refractivity contribution in [1.82, 2.24) is 9.88 Å². The van der Waals surface area contributed by atoms with Crippen molar-refractivity contribution in [3.05, 3.63) is 77.0 Å². The average Bonchev–Trinajstić information content (AvgIpc) is 3.54. The molecule has 5 rings (SSSR count). The minimum absolute atomic E-state index is 0.203. The molecule has 1 amide bonds. The van der Waals surface area contributed by atoms with E-state index < -0.39 is 5.54 Å². The van der Waals surface area contributed by atoms with Gasteiger partial charge in [-0.1, -0.05) is 61.4 Å². The summed E-state index contributed by atoms with van der Waals surface area (Å²) in [7, 11) is 3.41. The number of esters is 1. The summed E-state index contributed by atoms with van der Waals surface area (Å²) in [6.45, 7) is 4.59. The number of hydrogen-bond donors (Lipinski definition) is 1. The van der Waals surface area contributed by atoms with Gasteiger partial charge in [0, 0.05) is 12.4 Å². The maximum atomic E-state index is 13.5. The Hall–Kier alpha value is -3.29. The van der Waals surface area contributed by atoms with Crippen LogP contribution in [0, 0.1) is 5.92 Å². The number of carbonyl (C=O) groups excluding carboxylic acids is 2. The zero-order valence-electron chi connectivity index (χ0n) is 21.8. The molecule has 1 saturated carbocycles. The fraction of sp³-hybridized carbons (Fsp3) is 0.400. The molecule has 8 heteroatoms. The Balaban J connectivity index is 1.39. The molecule has 2 heterocycles. The third-order valence-corrected chi connectivity index (χ3v) is 8.31. The molecule has 200 valence electrons. The molecule has 1 aliphatic heterocycles. The van der Waals surface area contributed by atoms with Crippen LogP contribution in [0.3, 0.4) is 0 Å². The van der Waals surface area contributed by atoms with Gasteiger partial charge in [-0.3, -0.25) is 9.59 Å². The number of amides is 1. The van der Waals surface area contributed by atoms with Crippen LogP contribution in [-0.4, -0.2) is 43.4 Å². The third kappa shape index (κ3) is 4.69. The lowest BCUT2D eigenvalue weighted by molar-refractivity contribution is -0.145. The zero-order valence-corrected chi connectivity index (χ0v) is 22.6. The van der Waals surface area contributed by atoms with Gasteiger partial charge in [0.1, 0.15) is 23.6 Å². The molecule has 38 heavy (non-hydrogen) atoms. The Bertz CT molecular complexity index is 1350. The number of methoxy groups -OCH3 is 1. The van der Waals surface area contributed by atoms with Gasteiger partial charge in [-0.25, -0.2) is 0 Å². The molecule has 0 radical (unpaired) electrons. The summed E-state index contributed by atoms with van der Waals surface area (Å²) in [5.74, 6) is 0.113. The molecule has 1 atom stereocenters. The maximum absolute atomic E-state index is 13.5. The monoisotopic (exact) mass is 536 g/mol. The minimum atomic E-state index is -0.653. The predicted molar refractivity (Wildman–Crippen MR) is 147 cm³/mol. The lowest BCUT2D eigenvalue weighted by Crippen LogP contribution is -2.59. The van der Waals surface area contributed by atoms with E-state index in [1.165, 1.54) is 0 Å². The zero-order chi connectivity index (χ0) is 26.9. The predicted octanol–water partition coefficient (Wildman–Crippen LogP) is 5.50. The number of hydrogen-bond acceptors (Lipinski definition) is 5. The number of aromatic nitrogens is 1. The van der Waals surface area contributed by atoms with E-state index in [2.05, 4.69) is 11.9 Å². The summed E-state index contributed by atoms with van der Waals surface area (Å²) >= 11 is 6.51. The first-order valence-corrected chi connectivity index (χ1v) is 13.4. The van der Waals surface area contributed by atoms with Crippen molar-refractivity contribution in [1.29, 1.82) is 0 Å². The van der Waals surface area contributed by atoms with Crippen LogP contribution in [0.25, 0.3) is 10.9 Å². The van der Waals surface area contributed by atoms with Gasteiger partial charge in [-0.05, 0) is 48.1 Å². The third-order valence-electron chi connectivity index (χ3n) is 7.92. The molecular weight excluding hydrogens is 504 g/mol. The van der Waals surface area contributed by atoms with Crippen molar-refractivity contribution in [2.45, 2.75) is 37.1 Å². The molecule has 1 unspecified atom stereocenters. The molecule has 0 bridgehead atoms. The highest BCUT2D eigenvalue weighted by Gasteiger charge is 2.43. The Kier molecular flexibility index (Phi) is 7.50. The highest BCUT2D eigenvalue weighted by atomic mass is 35.5. The van der Waals surface area contributed by atoms with Gasteiger partial charge >= 0.3 is 5.97 Å². The largest absolute Gasteiger partial charge is 0.495 e. The second kappa shape index (κ2) is 10.8. The highest BCUT2D eigenvalue weighted by Crippen LogP contribution is 2.40. The lowest BCUT2D eigenvalue weighted by Gasteiger charge is -2.42. The van der Waals surface area contributed by atoms with E-state index in [4.69, 9.17) is 25.8 Å². The number of rotatable bonds is 9. The highest BCUT2D eigenvalue weighted by molar-refractivity contribution is 6.37. The van der Waals surface area contributed by atoms with Crippen molar-refractivity contribution in [2.24, 2.45) is 13.0 Å². The second-order valence-corrected chi connectivity index (χ2v) is 10.6. The normalized spacial score (nSPS) is 17.6. The van der Waals surface area contributed by atoms with Crippen LogP contribution in [0.2, 0.25) is 5.02 Å². The minimum Gasteiger partial charge on any atom is -0.495 e. The number of benzene rings is 2. The summed E-state index contributed by atoms with van der Waals surface area (Å²) in [5.41, 5.74) is 2.55. The van der Waals surface area contributed by atoms with Crippen LogP contribution in [0.4, 0.5) is 0 Å². The molecule has 1 aromatic heterocycles. The molecule has 7 nitrogen and oxygen atoms in total. The number of ether oxygens (including phenoxy) is 3. The summed E-state index contributed by atoms with van der Waals surface area (Å²) in [4.78, 5) is 26.4. The fourth-order valence-corrected chi connectivity index (χ4v) is 6.05. The van der Waals surface area contributed by atoms with Crippen molar-refractivity contribution >= 4 is 34.4 Å². The Morgan fingerprint density at radius 3 is 2.53 bits per heavy atom. The standard InChI is InChI=1S/C30H33ClN2O5/c1-4-15-38-29(35)26(19-7-5-6-8-19)20-9-11-21(12-10-20)30(17-37-18-30)32-28(34)24-16-22-23(33(24)2)13-14-25(36-3)27(22)31/h4,9-14,16,19,26H,1,5-8,15,17-18H2,2-3H3,(H,32,34). The van der Waals surface area contributed by atoms with Crippen LogP contribution in [0.15, 0.2) is 55.1 Å². The number of halogens is 1. The van der Waals surface area contributed by atoms with Crippen molar-refractivity contribution in [3.8, 4) is 5.75 Å². The molecular formula is C30H33ClN2O5.